The molecule has 0 atom stereocenters. The number of fused-ring (bicyclic) bond motifs is 1. The maximum Gasteiger partial charge on any atom is 0.213 e. The number of furan rings is 1. The van der Waals surface area contributed by atoms with Crippen LogP contribution in [-0.2, 0) is 16.4 Å². The maximum atomic E-state index is 11.9. The fourth-order valence-electron chi connectivity index (χ4n) is 3.31. The molecule has 8 heteroatoms. The Morgan fingerprint density at radius 3 is 2.70 bits per heavy atom. The smallest absolute Gasteiger partial charge is 0.213 e. The summed E-state index contributed by atoms with van der Waals surface area (Å²) in [5.74, 6) is 1.84. The molecule has 7 nitrogen and oxygen atoms in total. The van der Waals surface area contributed by atoms with E-state index in [1.807, 2.05) is 24.3 Å². The first kappa shape index (κ1) is 19.7. The van der Waals surface area contributed by atoms with E-state index < -0.39 is 10.0 Å². The van der Waals surface area contributed by atoms with Gasteiger partial charge in [-0.2, -0.15) is 0 Å². The summed E-state index contributed by atoms with van der Waals surface area (Å²) in [6, 6.07) is 10.3. The second kappa shape index (κ2) is 8.75. The van der Waals surface area contributed by atoms with Gasteiger partial charge in [0.2, 0.25) is 10.0 Å². The third-order valence-corrected chi connectivity index (χ3v) is 6.80. The summed E-state index contributed by atoms with van der Waals surface area (Å²) in [6.07, 6.45) is 2.33. The quantitative estimate of drug-likeness (QED) is 0.580. The molecule has 1 aromatic carbocycles. The molecule has 1 aliphatic heterocycles. The molecule has 0 unspecified atom stereocenters. The van der Waals surface area contributed by atoms with Crippen LogP contribution in [0.15, 0.2) is 39.7 Å². The lowest BCUT2D eigenvalue weighted by Crippen LogP contribution is -2.50. The van der Waals surface area contributed by atoms with Gasteiger partial charge in [-0.25, -0.2) is 12.7 Å². The van der Waals surface area contributed by atoms with E-state index in [1.165, 1.54) is 0 Å². The Morgan fingerprint density at radius 2 is 2.04 bits per heavy atom. The van der Waals surface area contributed by atoms with Gasteiger partial charge in [-0.3, -0.25) is 4.99 Å². The van der Waals surface area contributed by atoms with Gasteiger partial charge in [0.15, 0.2) is 5.96 Å². The Hall–Kier alpha value is -2.06. The minimum Gasteiger partial charge on any atom is -0.461 e. The molecule has 3 rings (SSSR count). The minimum absolute atomic E-state index is 0.163. The molecule has 0 spiro atoms. The number of benzene rings is 1. The molecule has 1 aliphatic rings. The third-order valence-electron chi connectivity index (χ3n) is 4.92. The van der Waals surface area contributed by atoms with Gasteiger partial charge in [0.05, 0.1) is 5.75 Å². The summed E-state index contributed by atoms with van der Waals surface area (Å²) in [4.78, 5) is 4.27. The van der Waals surface area contributed by atoms with Crippen LogP contribution in [0.25, 0.3) is 11.0 Å². The van der Waals surface area contributed by atoms with Gasteiger partial charge < -0.3 is 15.1 Å². The summed E-state index contributed by atoms with van der Waals surface area (Å²) in [5, 5.41) is 7.82. The van der Waals surface area contributed by atoms with Crippen molar-refractivity contribution in [2.24, 2.45) is 4.99 Å². The zero-order chi connectivity index (χ0) is 19.3. The van der Waals surface area contributed by atoms with E-state index >= 15 is 0 Å². The number of hydrogen-bond donors (Lipinski definition) is 2. The summed E-state index contributed by atoms with van der Waals surface area (Å²) in [7, 11) is -1.34. The second-order valence-electron chi connectivity index (χ2n) is 6.72. The van der Waals surface area contributed by atoms with Crippen molar-refractivity contribution in [3.63, 3.8) is 0 Å². The Morgan fingerprint density at radius 1 is 1.30 bits per heavy atom. The molecule has 0 amide bonds. The summed E-state index contributed by atoms with van der Waals surface area (Å²) >= 11 is 0. The number of guanidine groups is 1. The van der Waals surface area contributed by atoms with E-state index in [0.29, 0.717) is 19.6 Å². The molecule has 1 fully saturated rings. The number of nitrogens with zero attached hydrogens (tertiary/aromatic N) is 2. The fraction of sp³-hybridized carbons (Fsp3) is 0.526. The van der Waals surface area contributed by atoms with E-state index in [-0.39, 0.29) is 11.8 Å². The molecule has 0 bridgehead atoms. The molecular formula is C19H28N4O3S. The summed E-state index contributed by atoms with van der Waals surface area (Å²) < 4.78 is 31.3. The molecule has 0 aliphatic carbocycles. The molecule has 27 heavy (non-hydrogen) atoms. The van der Waals surface area contributed by atoms with Crippen LogP contribution >= 0.6 is 0 Å². The molecule has 0 saturated carbocycles. The number of hydrogen-bond acceptors (Lipinski definition) is 4. The maximum absolute atomic E-state index is 11.9. The Balaban J connectivity index is 1.44. The van der Waals surface area contributed by atoms with Gasteiger partial charge in [-0.1, -0.05) is 18.2 Å². The van der Waals surface area contributed by atoms with Gasteiger partial charge >= 0.3 is 0 Å². The second-order valence-corrected chi connectivity index (χ2v) is 8.98. The van der Waals surface area contributed by atoms with Gasteiger partial charge in [0, 0.05) is 44.5 Å². The molecular weight excluding hydrogens is 364 g/mol. The largest absolute Gasteiger partial charge is 0.461 e. The van der Waals surface area contributed by atoms with E-state index in [2.05, 4.69) is 21.7 Å². The standard InChI is InChI=1S/C19H28N4O3S/c1-3-27(24,25)23-12-9-16(10-13-23)22-19(20-2)21-11-8-17-14-15-6-4-5-7-18(15)26-17/h4-7,14,16H,3,8-13H2,1-2H3,(H2,20,21,22). The van der Waals surface area contributed by atoms with Crippen molar-refractivity contribution >= 4 is 27.0 Å². The van der Waals surface area contributed by atoms with Gasteiger partial charge in [-0.15, -0.1) is 0 Å². The van der Waals surface area contributed by atoms with Crippen LogP contribution in [0.5, 0.6) is 0 Å². The van der Waals surface area contributed by atoms with Crippen molar-refractivity contribution in [2.75, 3.05) is 32.4 Å². The zero-order valence-electron chi connectivity index (χ0n) is 15.9. The molecule has 1 saturated heterocycles. The Bertz CT molecular complexity index is 850. The average Bonchev–Trinajstić information content (AvgIpc) is 3.10. The van der Waals surface area contributed by atoms with E-state index in [4.69, 9.17) is 4.42 Å². The van der Waals surface area contributed by atoms with Crippen LogP contribution < -0.4 is 10.6 Å². The topological polar surface area (TPSA) is 86.9 Å². The average molecular weight is 393 g/mol. The highest BCUT2D eigenvalue weighted by atomic mass is 32.2. The monoisotopic (exact) mass is 392 g/mol. The zero-order valence-corrected chi connectivity index (χ0v) is 16.8. The van der Waals surface area contributed by atoms with Crippen LogP contribution in [0, 0.1) is 0 Å². The lowest BCUT2D eigenvalue weighted by molar-refractivity contribution is 0.306. The first-order valence-electron chi connectivity index (χ1n) is 9.44. The summed E-state index contributed by atoms with van der Waals surface area (Å²) in [5.41, 5.74) is 0.906. The lowest BCUT2D eigenvalue weighted by Gasteiger charge is -2.32. The molecule has 2 aromatic rings. The van der Waals surface area contributed by atoms with Crippen molar-refractivity contribution < 1.29 is 12.8 Å². The highest BCUT2D eigenvalue weighted by Crippen LogP contribution is 2.19. The van der Waals surface area contributed by atoms with Gasteiger partial charge in [0.1, 0.15) is 11.3 Å². The van der Waals surface area contributed by atoms with Crippen LogP contribution in [0.2, 0.25) is 0 Å². The predicted molar refractivity (Wildman–Crippen MR) is 108 cm³/mol. The number of piperidine rings is 1. The predicted octanol–water partition coefficient (Wildman–Crippen LogP) is 1.95. The van der Waals surface area contributed by atoms with E-state index in [1.54, 1.807) is 18.3 Å². The van der Waals surface area contributed by atoms with Crippen molar-refractivity contribution in [2.45, 2.75) is 32.2 Å². The number of aliphatic imine (C=N–C) groups is 1. The Labute approximate surface area is 160 Å². The minimum atomic E-state index is -3.09. The van der Waals surface area contributed by atoms with Crippen molar-refractivity contribution in [3.05, 3.63) is 36.1 Å². The molecule has 1 aromatic heterocycles. The van der Waals surface area contributed by atoms with Crippen LogP contribution in [0.3, 0.4) is 0 Å². The molecule has 148 valence electrons. The van der Waals surface area contributed by atoms with Crippen LogP contribution in [0.1, 0.15) is 25.5 Å². The first-order chi connectivity index (χ1) is 13.0. The van der Waals surface area contributed by atoms with Gasteiger partial charge in [0.25, 0.3) is 0 Å². The molecule has 2 N–H and O–H groups in total. The molecule has 2 heterocycles. The van der Waals surface area contributed by atoms with E-state index in [9.17, 15) is 8.42 Å². The number of nitrogens with one attached hydrogen (secondary N) is 2. The normalized spacial score (nSPS) is 17.3. The molecule has 0 radical (unpaired) electrons. The van der Waals surface area contributed by atoms with Crippen molar-refractivity contribution in [3.8, 4) is 0 Å². The first-order valence-corrected chi connectivity index (χ1v) is 11.0. The number of sulfonamides is 1. The van der Waals surface area contributed by atoms with E-state index in [0.717, 1.165) is 42.0 Å². The van der Waals surface area contributed by atoms with Gasteiger partial charge in [-0.05, 0) is 31.9 Å². The Kier molecular flexibility index (Phi) is 6.38. The van der Waals surface area contributed by atoms with Crippen molar-refractivity contribution in [1.82, 2.24) is 14.9 Å². The summed E-state index contributed by atoms with van der Waals surface area (Å²) in [6.45, 7) is 3.52. The fourth-order valence-corrected chi connectivity index (χ4v) is 4.45. The number of rotatable bonds is 6. The highest BCUT2D eigenvalue weighted by molar-refractivity contribution is 7.89. The van der Waals surface area contributed by atoms with Crippen molar-refractivity contribution in [1.29, 1.82) is 0 Å². The van der Waals surface area contributed by atoms with Crippen LogP contribution in [-0.4, -0.2) is 57.2 Å². The van der Waals surface area contributed by atoms with Crippen LogP contribution in [0.4, 0.5) is 0 Å². The highest BCUT2D eigenvalue weighted by Gasteiger charge is 2.26. The SMILES string of the molecule is CCS(=O)(=O)N1CCC(NC(=NC)NCCc2cc3ccccc3o2)CC1. The number of para-hydroxylation sites is 1. The lowest BCUT2D eigenvalue weighted by atomic mass is 10.1. The third kappa shape index (κ3) is 5.01.